The van der Waals surface area contributed by atoms with Gasteiger partial charge in [0.2, 0.25) is 0 Å². The maximum Gasteiger partial charge on any atom is 0.270 e. The summed E-state index contributed by atoms with van der Waals surface area (Å²) in [6.45, 7) is 17.0. The summed E-state index contributed by atoms with van der Waals surface area (Å²) in [5.41, 5.74) is 9.32. The predicted octanol–water partition coefficient (Wildman–Crippen LogP) is 6.00. The summed E-state index contributed by atoms with van der Waals surface area (Å²) in [5.74, 6) is 0.151. The number of carbonyl (C=O) groups is 2. The van der Waals surface area contributed by atoms with Gasteiger partial charge in [-0.1, -0.05) is 45.9 Å². The van der Waals surface area contributed by atoms with Crippen LogP contribution in [0.25, 0.3) is 0 Å². The molecule has 1 aliphatic rings. The maximum atomic E-state index is 12.9. The van der Waals surface area contributed by atoms with Crippen molar-refractivity contribution in [3.05, 3.63) is 72.1 Å². The Balaban J connectivity index is 0.00000189. The van der Waals surface area contributed by atoms with Crippen LogP contribution in [0.4, 0.5) is 0 Å². The number of rotatable bonds is 10. The lowest BCUT2D eigenvalue weighted by Crippen LogP contribution is -2.38. The fourth-order valence-electron chi connectivity index (χ4n) is 3.51. The van der Waals surface area contributed by atoms with Crippen molar-refractivity contribution in [2.75, 3.05) is 19.6 Å². The second-order valence-electron chi connectivity index (χ2n) is 7.74. The first-order valence-electron chi connectivity index (χ1n) is 12.2. The lowest BCUT2D eigenvalue weighted by atomic mass is 9.92. The van der Waals surface area contributed by atoms with Crippen LogP contribution in [0.2, 0.25) is 0 Å². The molecule has 0 radical (unpaired) electrons. The van der Waals surface area contributed by atoms with Gasteiger partial charge in [-0.05, 0) is 68.5 Å². The minimum Gasteiger partial charge on any atom is -0.347 e. The van der Waals surface area contributed by atoms with Gasteiger partial charge in [0.1, 0.15) is 5.69 Å². The molecule has 1 amide bonds. The molecule has 33 heavy (non-hydrogen) atoms. The molecule has 2 rings (SSSR count). The van der Waals surface area contributed by atoms with Crippen molar-refractivity contribution in [3.63, 3.8) is 0 Å². The van der Waals surface area contributed by atoms with Crippen LogP contribution in [-0.4, -0.2) is 40.8 Å². The van der Waals surface area contributed by atoms with Gasteiger partial charge in [0.25, 0.3) is 5.91 Å². The monoisotopic (exact) mass is 455 g/mol. The number of hydrogen-bond donors (Lipinski definition) is 1. The zero-order valence-electron chi connectivity index (χ0n) is 21.5. The van der Waals surface area contributed by atoms with Crippen molar-refractivity contribution in [2.45, 2.75) is 66.2 Å². The van der Waals surface area contributed by atoms with E-state index in [1.165, 1.54) is 11.1 Å². The molecule has 5 heteroatoms. The molecule has 2 N–H and O–H groups in total. The molecule has 0 saturated heterocycles. The topological polar surface area (TPSA) is 68.3 Å². The van der Waals surface area contributed by atoms with Crippen molar-refractivity contribution in [3.8, 4) is 0 Å². The van der Waals surface area contributed by atoms with Crippen LogP contribution in [0.5, 0.6) is 0 Å². The number of nitrogens with zero attached hydrogens (tertiary/aromatic N) is 2. The molecule has 0 saturated carbocycles. The molecule has 0 aromatic carbocycles. The first-order chi connectivity index (χ1) is 15.9. The van der Waals surface area contributed by atoms with Gasteiger partial charge >= 0.3 is 0 Å². The fourth-order valence-corrected chi connectivity index (χ4v) is 3.51. The number of ketones is 1. The molecule has 1 aliphatic heterocycles. The number of carbonyl (C=O) groups excluding carboxylic acids is 2. The maximum absolute atomic E-state index is 12.9. The van der Waals surface area contributed by atoms with Gasteiger partial charge in [-0.3, -0.25) is 9.59 Å². The lowest BCUT2D eigenvalue weighted by molar-refractivity contribution is -0.115. The SMILES string of the molecule is C=C/C(=C\C1=C(CCCC)CN(C(=O)c2cccn2C)CC1)C(=O)CCCN.C=CC.CC. The van der Waals surface area contributed by atoms with Gasteiger partial charge in [0.15, 0.2) is 5.78 Å². The lowest BCUT2D eigenvalue weighted by Gasteiger charge is -2.31. The van der Waals surface area contributed by atoms with Crippen LogP contribution in [0.15, 0.2) is 66.4 Å². The molecule has 0 atom stereocenters. The van der Waals surface area contributed by atoms with Gasteiger partial charge in [0.05, 0.1) is 0 Å². The van der Waals surface area contributed by atoms with Crippen molar-refractivity contribution in [1.29, 1.82) is 0 Å². The van der Waals surface area contributed by atoms with Crippen LogP contribution in [0.1, 0.15) is 76.7 Å². The zero-order chi connectivity index (χ0) is 25.2. The highest BCUT2D eigenvalue weighted by Crippen LogP contribution is 2.26. The first-order valence-corrected chi connectivity index (χ1v) is 12.2. The highest BCUT2D eigenvalue weighted by Gasteiger charge is 2.24. The normalized spacial score (nSPS) is 13.4. The van der Waals surface area contributed by atoms with E-state index in [2.05, 4.69) is 20.1 Å². The van der Waals surface area contributed by atoms with Gasteiger partial charge in [-0.25, -0.2) is 0 Å². The van der Waals surface area contributed by atoms with E-state index in [1.807, 2.05) is 61.7 Å². The highest BCUT2D eigenvalue weighted by atomic mass is 16.2. The second kappa shape index (κ2) is 17.8. The van der Waals surface area contributed by atoms with Crippen molar-refractivity contribution in [1.82, 2.24) is 9.47 Å². The number of unbranched alkanes of at least 4 members (excludes halogenated alkanes) is 1. The summed E-state index contributed by atoms with van der Waals surface area (Å²) in [6.07, 6.45) is 12.3. The van der Waals surface area contributed by atoms with Crippen molar-refractivity contribution in [2.24, 2.45) is 12.8 Å². The molecule has 0 unspecified atom stereocenters. The molecule has 1 aromatic heterocycles. The summed E-state index contributed by atoms with van der Waals surface area (Å²) in [6, 6.07) is 3.75. The smallest absolute Gasteiger partial charge is 0.270 e. The minimum absolute atomic E-state index is 0.0625. The Morgan fingerprint density at radius 2 is 1.88 bits per heavy atom. The summed E-state index contributed by atoms with van der Waals surface area (Å²) in [7, 11) is 1.89. The summed E-state index contributed by atoms with van der Waals surface area (Å²) >= 11 is 0. The standard InChI is InChI=1S/C23H33N3O2.C3H6.C2H6/c1-4-6-9-20-17-26(23(28)21-10-8-14-25(21)3)15-12-19(20)16-18(5-2)22(27)11-7-13-24;1-3-2;1-2/h5,8,10,14,16H,2,4,6-7,9,11-13,15,17,24H2,1,3H3;3H,1H2,2H3;1-2H3/b18-16+;;. The molecular formula is C28H45N3O2. The Morgan fingerprint density at radius 3 is 2.39 bits per heavy atom. The van der Waals surface area contributed by atoms with E-state index in [0.29, 0.717) is 43.7 Å². The molecule has 5 nitrogen and oxygen atoms in total. The summed E-state index contributed by atoms with van der Waals surface area (Å²) in [5, 5.41) is 0. The Labute approximate surface area is 201 Å². The van der Waals surface area contributed by atoms with E-state index in [0.717, 1.165) is 25.7 Å². The Hall–Kier alpha value is -2.66. The number of aromatic nitrogens is 1. The predicted molar refractivity (Wildman–Crippen MR) is 141 cm³/mol. The number of allylic oxidation sites excluding steroid dienone is 4. The first kappa shape index (κ1) is 30.3. The van der Waals surface area contributed by atoms with Crippen LogP contribution >= 0.6 is 0 Å². The van der Waals surface area contributed by atoms with E-state index < -0.39 is 0 Å². The average Bonchev–Trinajstić information content (AvgIpc) is 3.27. The molecule has 2 heterocycles. The molecule has 184 valence electrons. The van der Waals surface area contributed by atoms with E-state index >= 15 is 0 Å². The number of hydrogen-bond acceptors (Lipinski definition) is 3. The molecule has 1 aromatic rings. The molecule has 0 bridgehead atoms. The van der Waals surface area contributed by atoms with E-state index in [1.54, 1.807) is 12.2 Å². The number of aryl methyl sites for hydroxylation is 1. The summed E-state index contributed by atoms with van der Waals surface area (Å²) < 4.78 is 1.86. The van der Waals surface area contributed by atoms with Crippen LogP contribution < -0.4 is 5.73 Å². The van der Waals surface area contributed by atoms with Gasteiger partial charge in [-0.15, -0.1) is 6.58 Å². The number of nitrogens with two attached hydrogens (primary N) is 1. The number of amides is 1. The quantitative estimate of drug-likeness (QED) is 0.267. The van der Waals surface area contributed by atoms with Gasteiger partial charge in [-0.2, -0.15) is 0 Å². The van der Waals surface area contributed by atoms with Crippen molar-refractivity contribution < 1.29 is 9.59 Å². The molecule has 0 spiro atoms. The molecular weight excluding hydrogens is 410 g/mol. The summed E-state index contributed by atoms with van der Waals surface area (Å²) in [4.78, 5) is 27.2. The van der Waals surface area contributed by atoms with Gasteiger partial charge < -0.3 is 15.2 Å². The average molecular weight is 456 g/mol. The number of Topliss-reactive ketones (excluding diaryl/α,β-unsaturated/α-hetero) is 1. The van der Waals surface area contributed by atoms with Crippen LogP contribution in [0, 0.1) is 0 Å². The van der Waals surface area contributed by atoms with Gasteiger partial charge in [0, 0.05) is 38.3 Å². The minimum atomic E-state index is 0.0625. The highest BCUT2D eigenvalue weighted by molar-refractivity contribution is 5.98. The van der Waals surface area contributed by atoms with E-state index in [9.17, 15) is 9.59 Å². The fraction of sp³-hybridized carbons (Fsp3) is 0.500. The van der Waals surface area contributed by atoms with Crippen LogP contribution in [-0.2, 0) is 11.8 Å². The Morgan fingerprint density at radius 1 is 1.21 bits per heavy atom. The van der Waals surface area contributed by atoms with E-state index in [-0.39, 0.29) is 11.7 Å². The zero-order valence-corrected chi connectivity index (χ0v) is 21.5. The Bertz CT molecular complexity index is 815. The molecule has 0 fully saturated rings. The van der Waals surface area contributed by atoms with Crippen LogP contribution in [0.3, 0.4) is 0 Å². The largest absolute Gasteiger partial charge is 0.347 e. The molecule has 0 aliphatic carbocycles. The third kappa shape index (κ3) is 10.2. The van der Waals surface area contributed by atoms with Crippen molar-refractivity contribution >= 4 is 11.7 Å². The Kier molecular flexibility index (Phi) is 16.4. The third-order valence-electron chi connectivity index (χ3n) is 5.25. The third-order valence-corrected chi connectivity index (χ3v) is 5.25. The van der Waals surface area contributed by atoms with E-state index in [4.69, 9.17) is 5.73 Å². The second-order valence-corrected chi connectivity index (χ2v) is 7.74.